The third-order valence-electron chi connectivity index (χ3n) is 3.08. The zero-order valence-corrected chi connectivity index (χ0v) is 11.9. The summed E-state index contributed by atoms with van der Waals surface area (Å²) in [5.74, 6) is 0.198. The van der Waals surface area contributed by atoms with E-state index in [1.54, 1.807) is 0 Å². The molecule has 0 saturated heterocycles. The average molecular weight is 242 g/mol. The van der Waals surface area contributed by atoms with Gasteiger partial charge < -0.3 is 10.6 Å². The highest BCUT2D eigenvalue weighted by atomic mass is 16.1. The zero-order chi connectivity index (χ0) is 13.1. The van der Waals surface area contributed by atoms with Crippen LogP contribution in [-0.2, 0) is 4.79 Å². The number of unbranched alkanes of at least 4 members (excludes halogenated alkanes) is 1. The lowest BCUT2D eigenvalue weighted by Gasteiger charge is -2.21. The molecule has 0 radical (unpaired) electrons. The van der Waals surface area contributed by atoms with Crippen LogP contribution in [0.3, 0.4) is 0 Å². The molecular formula is C14H30N2O. The van der Waals surface area contributed by atoms with E-state index in [0.29, 0.717) is 6.42 Å². The lowest BCUT2D eigenvalue weighted by molar-refractivity contribution is -0.120. The van der Waals surface area contributed by atoms with Gasteiger partial charge in [0.1, 0.15) is 5.78 Å². The van der Waals surface area contributed by atoms with Crippen LogP contribution >= 0.6 is 0 Å². The van der Waals surface area contributed by atoms with Crippen LogP contribution in [0, 0.1) is 0 Å². The summed E-state index contributed by atoms with van der Waals surface area (Å²) in [5.41, 5.74) is 5.80. The molecule has 0 spiro atoms. The Bertz CT molecular complexity index is 189. The first-order valence-electron chi connectivity index (χ1n) is 7.16. The molecule has 0 aromatic heterocycles. The van der Waals surface area contributed by atoms with Gasteiger partial charge in [-0.2, -0.15) is 0 Å². The van der Waals surface area contributed by atoms with Crippen molar-refractivity contribution in [1.82, 2.24) is 4.90 Å². The number of carbonyl (C=O) groups is 1. The number of hydrogen-bond donors (Lipinski definition) is 1. The maximum atomic E-state index is 11.3. The highest BCUT2D eigenvalue weighted by Crippen LogP contribution is 2.04. The third-order valence-corrected chi connectivity index (χ3v) is 3.08. The van der Waals surface area contributed by atoms with Crippen LogP contribution in [0.2, 0.25) is 0 Å². The van der Waals surface area contributed by atoms with Crippen molar-refractivity contribution in [3.8, 4) is 0 Å². The SMILES string of the molecule is CCCN(CCC)CCCC[C@H](N)C(=O)CC. The lowest BCUT2D eigenvalue weighted by atomic mass is 10.0. The fourth-order valence-corrected chi connectivity index (χ4v) is 2.09. The number of ketones is 1. The number of nitrogens with two attached hydrogens (primary N) is 1. The molecule has 0 heterocycles. The van der Waals surface area contributed by atoms with E-state index in [1.807, 2.05) is 6.92 Å². The van der Waals surface area contributed by atoms with Gasteiger partial charge in [0.05, 0.1) is 6.04 Å². The van der Waals surface area contributed by atoms with E-state index in [1.165, 1.54) is 25.9 Å². The fraction of sp³-hybridized carbons (Fsp3) is 0.929. The molecule has 3 heteroatoms. The molecule has 3 nitrogen and oxygen atoms in total. The van der Waals surface area contributed by atoms with Crippen LogP contribution < -0.4 is 5.73 Å². The van der Waals surface area contributed by atoms with Crippen LogP contribution in [0.15, 0.2) is 0 Å². The molecule has 17 heavy (non-hydrogen) atoms. The van der Waals surface area contributed by atoms with Gasteiger partial charge in [0.15, 0.2) is 0 Å². The van der Waals surface area contributed by atoms with Crippen LogP contribution in [-0.4, -0.2) is 36.4 Å². The van der Waals surface area contributed by atoms with Crippen LogP contribution in [0.25, 0.3) is 0 Å². The van der Waals surface area contributed by atoms with Crippen molar-refractivity contribution in [2.24, 2.45) is 5.73 Å². The molecule has 102 valence electrons. The minimum absolute atomic E-state index is 0.198. The first-order chi connectivity index (χ1) is 8.15. The summed E-state index contributed by atoms with van der Waals surface area (Å²) >= 11 is 0. The maximum Gasteiger partial charge on any atom is 0.149 e. The van der Waals surface area contributed by atoms with E-state index >= 15 is 0 Å². The molecule has 0 aliphatic carbocycles. The Labute approximate surface area is 107 Å². The van der Waals surface area contributed by atoms with Gasteiger partial charge in [0, 0.05) is 6.42 Å². The number of Topliss-reactive ketones (excluding diaryl/α,β-unsaturated/α-hetero) is 1. The van der Waals surface area contributed by atoms with E-state index < -0.39 is 0 Å². The number of hydrogen-bond acceptors (Lipinski definition) is 3. The summed E-state index contributed by atoms with van der Waals surface area (Å²) < 4.78 is 0. The smallest absolute Gasteiger partial charge is 0.149 e. The molecule has 0 unspecified atom stereocenters. The minimum atomic E-state index is -0.231. The van der Waals surface area contributed by atoms with Gasteiger partial charge in [-0.3, -0.25) is 4.79 Å². The van der Waals surface area contributed by atoms with E-state index in [4.69, 9.17) is 5.73 Å². The standard InChI is InChI=1S/C14H30N2O/c1-4-10-16(11-5-2)12-8-7-9-13(15)14(17)6-3/h13H,4-12,15H2,1-3H3/t13-/m0/s1. The Balaban J connectivity index is 3.63. The van der Waals surface area contributed by atoms with Crippen LogP contribution in [0.1, 0.15) is 59.3 Å². The van der Waals surface area contributed by atoms with Gasteiger partial charge in [-0.05, 0) is 45.3 Å². The average Bonchev–Trinajstić information content (AvgIpc) is 2.33. The van der Waals surface area contributed by atoms with E-state index in [2.05, 4.69) is 18.7 Å². The highest BCUT2D eigenvalue weighted by Gasteiger charge is 2.10. The number of nitrogens with zero attached hydrogens (tertiary/aromatic N) is 1. The monoisotopic (exact) mass is 242 g/mol. The molecule has 0 rings (SSSR count). The Hall–Kier alpha value is -0.410. The van der Waals surface area contributed by atoms with Crippen molar-refractivity contribution in [2.45, 2.75) is 65.3 Å². The Morgan fingerprint density at radius 1 is 1.06 bits per heavy atom. The van der Waals surface area contributed by atoms with E-state index in [-0.39, 0.29) is 11.8 Å². The van der Waals surface area contributed by atoms with Crippen molar-refractivity contribution >= 4 is 5.78 Å². The molecule has 0 aromatic carbocycles. The third kappa shape index (κ3) is 8.33. The van der Waals surface area contributed by atoms with Gasteiger partial charge in [0.2, 0.25) is 0 Å². The second-order valence-corrected chi connectivity index (χ2v) is 4.76. The highest BCUT2D eigenvalue weighted by molar-refractivity contribution is 5.83. The molecule has 0 aliphatic heterocycles. The molecule has 0 bridgehead atoms. The molecule has 0 fully saturated rings. The maximum absolute atomic E-state index is 11.3. The van der Waals surface area contributed by atoms with Crippen LogP contribution in [0.4, 0.5) is 0 Å². The van der Waals surface area contributed by atoms with E-state index in [9.17, 15) is 4.79 Å². The molecule has 0 aliphatic rings. The second-order valence-electron chi connectivity index (χ2n) is 4.76. The van der Waals surface area contributed by atoms with Gasteiger partial charge in [-0.15, -0.1) is 0 Å². The van der Waals surface area contributed by atoms with Crippen molar-refractivity contribution in [1.29, 1.82) is 0 Å². The van der Waals surface area contributed by atoms with Gasteiger partial charge in [-0.1, -0.05) is 27.2 Å². The van der Waals surface area contributed by atoms with E-state index in [0.717, 1.165) is 25.8 Å². The largest absolute Gasteiger partial charge is 0.322 e. The van der Waals surface area contributed by atoms with Crippen molar-refractivity contribution in [3.63, 3.8) is 0 Å². The van der Waals surface area contributed by atoms with Gasteiger partial charge in [0.25, 0.3) is 0 Å². The lowest BCUT2D eigenvalue weighted by Crippen LogP contribution is -2.30. The van der Waals surface area contributed by atoms with Crippen molar-refractivity contribution in [2.75, 3.05) is 19.6 Å². The normalized spacial score (nSPS) is 13.0. The predicted octanol–water partition coefficient (Wildman–Crippen LogP) is 2.59. The summed E-state index contributed by atoms with van der Waals surface area (Å²) in [7, 11) is 0. The molecule has 1 atom stereocenters. The first kappa shape index (κ1) is 16.6. The first-order valence-corrected chi connectivity index (χ1v) is 7.16. The molecule has 0 saturated carbocycles. The zero-order valence-electron chi connectivity index (χ0n) is 11.9. The summed E-state index contributed by atoms with van der Waals surface area (Å²) in [6.45, 7) is 9.85. The van der Waals surface area contributed by atoms with Gasteiger partial charge in [-0.25, -0.2) is 0 Å². The summed E-state index contributed by atoms with van der Waals surface area (Å²) in [5, 5.41) is 0. The Morgan fingerprint density at radius 2 is 1.65 bits per heavy atom. The number of rotatable bonds is 11. The second kappa shape index (κ2) is 10.7. The molecule has 0 amide bonds. The fourth-order valence-electron chi connectivity index (χ4n) is 2.09. The Kier molecular flexibility index (Phi) is 10.5. The molecule has 2 N–H and O–H groups in total. The summed E-state index contributed by atoms with van der Waals surface area (Å²) in [4.78, 5) is 13.8. The van der Waals surface area contributed by atoms with Crippen molar-refractivity contribution < 1.29 is 4.79 Å². The predicted molar refractivity (Wildman–Crippen MR) is 74.1 cm³/mol. The summed E-state index contributed by atoms with van der Waals surface area (Å²) in [6, 6.07) is -0.231. The molecular weight excluding hydrogens is 212 g/mol. The molecule has 0 aromatic rings. The minimum Gasteiger partial charge on any atom is -0.322 e. The topological polar surface area (TPSA) is 46.3 Å². The van der Waals surface area contributed by atoms with Crippen molar-refractivity contribution in [3.05, 3.63) is 0 Å². The van der Waals surface area contributed by atoms with Crippen LogP contribution in [0.5, 0.6) is 0 Å². The van der Waals surface area contributed by atoms with Gasteiger partial charge >= 0.3 is 0 Å². The quantitative estimate of drug-likeness (QED) is 0.566. The Morgan fingerprint density at radius 3 is 2.12 bits per heavy atom. The summed E-state index contributed by atoms with van der Waals surface area (Å²) in [6.07, 6.45) is 6.07. The number of carbonyl (C=O) groups excluding carboxylic acids is 1.